The van der Waals surface area contributed by atoms with Gasteiger partial charge in [0.05, 0.1) is 5.56 Å². The predicted molar refractivity (Wildman–Crippen MR) is 96.6 cm³/mol. The highest BCUT2D eigenvalue weighted by atomic mass is 16.1. The Kier molecular flexibility index (Phi) is 5.30. The fourth-order valence-electron chi connectivity index (χ4n) is 3.09. The monoisotopic (exact) mass is 312 g/mol. The Morgan fingerprint density at radius 1 is 1.09 bits per heavy atom. The lowest BCUT2D eigenvalue weighted by molar-refractivity contribution is 0.0999. The first-order valence-corrected chi connectivity index (χ1v) is 8.40. The fraction of sp³-hybridized carbons (Fsp3) is 0.450. The quantitative estimate of drug-likeness (QED) is 0.813. The van der Waals surface area contributed by atoms with Gasteiger partial charge in [-0.3, -0.25) is 4.79 Å². The molecule has 0 spiro atoms. The molecule has 23 heavy (non-hydrogen) atoms. The SMILES string of the molecule is Cc1ccc(-c2cc(C(N)=O)c(C)n2C(C)CCC(C)C)cc1. The van der Waals surface area contributed by atoms with Gasteiger partial charge in [0.15, 0.2) is 0 Å². The Morgan fingerprint density at radius 2 is 1.70 bits per heavy atom. The van der Waals surface area contributed by atoms with Gasteiger partial charge >= 0.3 is 0 Å². The van der Waals surface area contributed by atoms with Gasteiger partial charge in [-0.2, -0.15) is 0 Å². The Morgan fingerprint density at radius 3 is 2.22 bits per heavy atom. The molecule has 2 rings (SSSR count). The Balaban J connectivity index is 2.49. The van der Waals surface area contributed by atoms with Gasteiger partial charge in [-0.15, -0.1) is 0 Å². The minimum Gasteiger partial charge on any atom is -0.366 e. The van der Waals surface area contributed by atoms with Crippen LogP contribution in [0.1, 0.15) is 61.3 Å². The molecule has 1 aromatic carbocycles. The first-order valence-electron chi connectivity index (χ1n) is 8.40. The molecule has 124 valence electrons. The molecule has 0 aliphatic carbocycles. The maximum atomic E-state index is 11.8. The van der Waals surface area contributed by atoms with Crippen LogP contribution in [-0.4, -0.2) is 10.5 Å². The largest absolute Gasteiger partial charge is 0.366 e. The van der Waals surface area contributed by atoms with E-state index in [4.69, 9.17) is 5.73 Å². The first kappa shape index (κ1) is 17.3. The third kappa shape index (κ3) is 3.84. The van der Waals surface area contributed by atoms with E-state index < -0.39 is 0 Å². The summed E-state index contributed by atoms with van der Waals surface area (Å²) in [6.07, 6.45) is 2.25. The Hall–Kier alpha value is -2.03. The zero-order valence-electron chi connectivity index (χ0n) is 14.9. The van der Waals surface area contributed by atoms with E-state index in [2.05, 4.69) is 56.5 Å². The molecular formula is C20H28N2O. The number of rotatable bonds is 6. The summed E-state index contributed by atoms with van der Waals surface area (Å²) < 4.78 is 2.27. The molecule has 2 aromatic rings. The lowest BCUT2D eigenvalue weighted by atomic mass is 10.0. The molecule has 1 heterocycles. The number of hydrogen-bond acceptors (Lipinski definition) is 1. The topological polar surface area (TPSA) is 48.0 Å². The second-order valence-corrected chi connectivity index (χ2v) is 6.95. The molecule has 0 bridgehead atoms. The van der Waals surface area contributed by atoms with Crippen LogP contribution in [0.5, 0.6) is 0 Å². The maximum Gasteiger partial charge on any atom is 0.250 e. The first-order chi connectivity index (χ1) is 10.8. The summed E-state index contributed by atoms with van der Waals surface area (Å²) in [5.41, 5.74) is 10.6. The standard InChI is InChI=1S/C20H28N2O/c1-13(2)6-9-15(4)22-16(5)18(20(21)23)12-19(22)17-10-7-14(3)8-11-17/h7-8,10-13,15H,6,9H2,1-5H3,(H2,21,23). The average molecular weight is 312 g/mol. The van der Waals surface area contributed by atoms with Gasteiger partial charge in [0.25, 0.3) is 5.91 Å². The van der Waals surface area contributed by atoms with Crippen molar-refractivity contribution < 1.29 is 4.79 Å². The van der Waals surface area contributed by atoms with Gasteiger partial charge in [-0.25, -0.2) is 0 Å². The molecule has 0 fully saturated rings. The number of carbonyl (C=O) groups excluding carboxylic acids is 1. The highest BCUT2D eigenvalue weighted by Crippen LogP contribution is 2.31. The fourth-order valence-corrected chi connectivity index (χ4v) is 3.09. The van der Waals surface area contributed by atoms with E-state index in [1.807, 2.05) is 13.0 Å². The number of hydrogen-bond donors (Lipinski definition) is 1. The number of benzene rings is 1. The number of carbonyl (C=O) groups is 1. The Labute approximate surface area is 139 Å². The summed E-state index contributed by atoms with van der Waals surface area (Å²) >= 11 is 0. The summed E-state index contributed by atoms with van der Waals surface area (Å²) in [5, 5.41) is 0. The minimum absolute atomic E-state index is 0.335. The van der Waals surface area contributed by atoms with Gasteiger partial charge in [0.2, 0.25) is 0 Å². The van der Waals surface area contributed by atoms with Crippen LogP contribution in [0.4, 0.5) is 0 Å². The molecule has 1 unspecified atom stereocenters. The second kappa shape index (κ2) is 7.03. The third-order valence-electron chi connectivity index (χ3n) is 4.51. The molecule has 0 saturated carbocycles. The van der Waals surface area contributed by atoms with Crippen molar-refractivity contribution in [2.75, 3.05) is 0 Å². The molecule has 0 radical (unpaired) electrons. The normalized spacial score (nSPS) is 12.6. The van der Waals surface area contributed by atoms with E-state index in [1.54, 1.807) is 0 Å². The van der Waals surface area contributed by atoms with Crippen molar-refractivity contribution in [3.05, 3.63) is 47.2 Å². The van der Waals surface area contributed by atoms with Crippen LogP contribution < -0.4 is 5.73 Å². The lowest BCUT2D eigenvalue weighted by Gasteiger charge is -2.21. The lowest BCUT2D eigenvalue weighted by Crippen LogP contribution is -2.14. The summed E-state index contributed by atoms with van der Waals surface area (Å²) in [7, 11) is 0. The summed E-state index contributed by atoms with van der Waals surface area (Å²) in [6.45, 7) is 10.8. The number of nitrogens with zero attached hydrogens (tertiary/aromatic N) is 1. The van der Waals surface area contributed by atoms with Crippen LogP contribution in [0.25, 0.3) is 11.3 Å². The number of aromatic nitrogens is 1. The molecule has 3 heteroatoms. The smallest absolute Gasteiger partial charge is 0.250 e. The zero-order chi connectivity index (χ0) is 17.1. The number of amides is 1. The molecule has 1 aromatic heterocycles. The van der Waals surface area contributed by atoms with Crippen molar-refractivity contribution in [2.24, 2.45) is 11.7 Å². The van der Waals surface area contributed by atoms with E-state index in [-0.39, 0.29) is 5.91 Å². The number of nitrogens with two attached hydrogens (primary N) is 1. The molecule has 3 nitrogen and oxygen atoms in total. The van der Waals surface area contributed by atoms with Gasteiger partial charge in [0, 0.05) is 17.4 Å². The average Bonchev–Trinajstić information content (AvgIpc) is 2.83. The van der Waals surface area contributed by atoms with Crippen LogP contribution in [-0.2, 0) is 0 Å². The minimum atomic E-state index is -0.356. The van der Waals surface area contributed by atoms with Crippen molar-refractivity contribution in [3.63, 3.8) is 0 Å². The summed E-state index contributed by atoms with van der Waals surface area (Å²) in [6, 6.07) is 10.7. The van der Waals surface area contributed by atoms with Gasteiger partial charge in [-0.1, -0.05) is 43.7 Å². The molecule has 0 aliphatic rings. The molecule has 0 saturated heterocycles. The van der Waals surface area contributed by atoms with E-state index in [1.165, 1.54) is 5.56 Å². The van der Waals surface area contributed by atoms with Crippen molar-refractivity contribution in [2.45, 2.75) is 53.5 Å². The Bertz CT molecular complexity index is 680. The van der Waals surface area contributed by atoms with Crippen molar-refractivity contribution in [1.29, 1.82) is 0 Å². The predicted octanol–water partition coefficient (Wildman–Crippen LogP) is 4.87. The number of primary amides is 1. The van der Waals surface area contributed by atoms with Gasteiger partial charge < -0.3 is 10.3 Å². The van der Waals surface area contributed by atoms with E-state index in [0.29, 0.717) is 17.5 Å². The summed E-state index contributed by atoms with van der Waals surface area (Å²) in [5.74, 6) is 0.317. The van der Waals surface area contributed by atoms with Crippen LogP contribution in [0.2, 0.25) is 0 Å². The van der Waals surface area contributed by atoms with E-state index in [0.717, 1.165) is 29.8 Å². The molecule has 1 amide bonds. The van der Waals surface area contributed by atoms with Crippen molar-refractivity contribution >= 4 is 5.91 Å². The van der Waals surface area contributed by atoms with Crippen LogP contribution in [0, 0.1) is 19.8 Å². The third-order valence-corrected chi connectivity index (χ3v) is 4.51. The molecular weight excluding hydrogens is 284 g/mol. The van der Waals surface area contributed by atoms with E-state index >= 15 is 0 Å². The van der Waals surface area contributed by atoms with Gasteiger partial charge in [-0.05, 0) is 51.2 Å². The summed E-state index contributed by atoms with van der Waals surface area (Å²) in [4.78, 5) is 11.8. The maximum absolute atomic E-state index is 11.8. The highest BCUT2D eigenvalue weighted by molar-refractivity contribution is 5.95. The van der Waals surface area contributed by atoms with Crippen molar-refractivity contribution in [3.8, 4) is 11.3 Å². The van der Waals surface area contributed by atoms with Crippen LogP contribution >= 0.6 is 0 Å². The number of aryl methyl sites for hydroxylation is 1. The molecule has 0 aliphatic heterocycles. The van der Waals surface area contributed by atoms with Crippen LogP contribution in [0.3, 0.4) is 0 Å². The highest BCUT2D eigenvalue weighted by Gasteiger charge is 2.20. The van der Waals surface area contributed by atoms with Gasteiger partial charge in [0.1, 0.15) is 0 Å². The molecule has 2 N–H and O–H groups in total. The zero-order valence-corrected chi connectivity index (χ0v) is 14.9. The van der Waals surface area contributed by atoms with Crippen molar-refractivity contribution in [1.82, 2.24) is 4.57 Å². The molecule has 1 atom stereocenters. The second-order valence-electron chi connectivity index (χ2n) is 6.95. The van der Waals surface area contributed by atoms with Crippen LogP contribution in [0.15, 0.2) is 30.3 Å². The van der Waals surface area contributed by atoms with E-state index in [9.17, 15) is 4.79 Å².